The first-order chi connectivity index (χ1) is 16.5. The van der Waals surface area contributed by atoms with Crippen molar-refractivity contribution in [2.24, 2.45) is 0 Å². The van der Waals surface area contributed by atoms with Crippen molar-refractivity contribution in [2.45, 2.75) is 36.7 Å². The van der Waals surface area contributed by atoms with E-state index in [9.17, 15) is 26.7 Å². The van der Waals surface area contributed by atoms with Crippen LogP contribution in [-0.4, -0.2) is 80.3 Å². The van der Waals surface area contributed by atoms with Gasteiger partial charge in [0.25, 0.3) is 5.91 Å². The SMILES string of the molecule is C=CC(c1ccc2cc(Cl)ccc2c1)S(=O)(=O)CC(O)C(=O)N1CCC(N2CCCS2(=O)=O)CC1. The fourth-order valence-corrected chi connectivity index (χ4v) is 8.58. The molecule has 2 aromatic rings. The molecule has 1 amide bonds. The van der Waals surface area contributed by atoms with Crippen LogP contribution in [0.4, 0.5) is 0 Å². The van der Waals surface area contributed by atoms with Gasteiger partial charge in [-0.05, 0) is 53.8 Å². The normalized spacial score (nSPS) is 21.1. The maximum absolute atomic E-state index is 13.2. The van der Waals surface area contributed by atoms with Crippen LogP contribution in [0.2, 0.25) is 5.02 Å². The number of amides is 1. The Labute approximate surface area is 211 Å². The monoisotopic (exact) mass is 540 g/mol. The molecule has 0 aliphatic carbocycles. The van der Waals surface area contributed by atoms with E-state index in [1.54, 1.807) is 36.4 Å². The summed E-state index contributed by atoms with van der Waals surface area (Å²) in [6.45, 7) is 4.70. The number of sulfonamides is 1. The van der Waals surface area contributed by atoms with Crippen molar-refractivity contribution < 1.29 is 26.7 Å². The summed E-state index contributed by atoms with van der Waals surface area (Å²) in [5, 5.41) is 11.7. The summed E-state index contributed by atoms with van der Waals surface area (Å²) >= 11 is 6.02. The molecule has 0 radical (unpaired) electrons. The van der Waals surface area contributed by atoms with Gasteiger partial charge in [-0.1, -0.05) is 35.9 Å². The molecule has 2 aliphatic heterocycles. The second-order valence-corrected chi connectivity index (χ2v) is 13.7. The fraction of sp³-hybridized carbons (Fsp3) is 0.458. The number of aliphatic hydroxyl groups is 1. The summed E-state index contributed by atoms with van der Waals surface area (Å²) in [6.07, 6.45) is 1.11. The van der Waals surface area contributed by atoms with Crippen molar-refractivity contribution in [1.82, 2.24) is 9.21 Å². The number of hydrogen-bond donors (Lipinski definition) is 1. The molecule has 0 saturated carbocycles. The Morgan fingerprint density at radius 3 is 2.43 bits per heavy atom. The van der Waals surface area contributed by atoms with Crippen LogP contribution in [0.1, 0.15) is 30.1 Å². The van der Waals surface area contributed by atoms with Gasteiger partial charge in [0.2, 0.25) is 10.0 Å². The summed E-state index contributed by atoms with van der Waals surface area (Å²) < 4.78 is 52.1. The highest BCUT2D eigenvalue weighted by Crippen LogP contribution is 2.30. The minimum atomic E-state index is -3.95. The minimum Gasteiger partial charge on any atom is -0.382 e. The van der Waals surface area contributed by atoms with Crippen molar-refractivity contribution in [3.63, 3.8) is 0 Å². The first kappa shape index (κ1) is 26.1. The molecule has 0 spiro atoms. The van der Waals surface area contributed by atoms with E-state index in [1.165, 1.54) is 15.3 Å². The lowest BCUT2D eigenvalue weighted by Crippen LogP contribution is -2.50. The number of halogens is 1. The van der Waals surface area contributed by atoms with E-state index in [0.717, 1.165) is 10.8 Å². The molecule has 2 heterocycles. The van der Waals surface area contributed by atoms with E-state index in [4.69, 9.17) is 11.6 Å². The Morgan fingerprint density at radius 2 is 1.80 bits per heavy atom. The van der Waals surface area contributed by atoms with E-state index < -0.39 is 42.9 Å². The molecular formula is C24H29ClN2O6S2. The number of fused-ring (bicyclic) bond motifs is 1. The lowest BCUT2D eigenvalue weighted by atomic mass is 10.0. The lowest BCUT2D eigenvalue weighted by Gasteiger charge is -2.36. The number of sulfone groups is 1. The van der Waals surface area contributed by atoms with Crippen molar-refractivity contribution in [1.29, 1.82) is 0 Å². The molecule has 190 valence electrons. The molecule has 1 N–H and O–H groups in total. The zero-order valence-electron chi connectivity index (χ0n) is 19.2. The van der Waals surface area contributed by atoms with Crippen LogP contribution in [0, 0.1) is 0 Å². The van der Waals surface area contributed by atoms with E-state index in [2.05, 4.69) is 6.58 Å². The standard InChI is InChI=1S/C24H29ClN2O6S2/c1-2-23(19-5-4-18-15-20(25)7-6-17(18)14-19)34(30,31)16-22(28)24(29)26-11-8-21(9-12-26)27-10-3-13-35(27,32)33/h2,4-7,14-15,21-23,28H,1,3,8-13,16H2. The molecule has 2 atom stereocenters. The van der Waals surface area contributed by atoms with Gasteiger partial charge in [-0.3, -0.25) is 4.79 Å². The average Bonchev–Trinajstić information content (AvgIpc) is 3.17. The third kappa shape index (κ3) is 5.56. The fourth-order valence-electron chi connectivity index (χ4n) is 4.95. The molecule has 2 unspecified atom stereocenters. The molecule has 35 heavy (non-hydrogen) atoms. The van der Waals surface area contributed by atoms with Gasteiger partial charge in [0.1, 0.15) is 11.4 Å². The van der Waals surface area contributed by atoms with Crippen molar-refractivity contribution in [3.05, 3.63) is 59.6 Å². The maximum atomic E-state index is 13.2. The zero-order chi connectivity index (χ0) is 25.4. The Balaban J connectivity index is 1.41. The predicted octanol–water partition coefficient (Wildman–Crippen LogP) is 2.52. The number of piperidine rings is 1. The summed E-state index contributed by atoms with van der Waals surface area (Å²) in [4.78, 5) is 14.2. The highest BCUT2D eigenvalue weighted by atomic mass is 35.5. The largest absolute Gasteiger partial charge is 0.382 e. The molecule has 8 nitrogen and oxygen atoms in total. The smallest absolute Gasteiger partial charge is 0.252 e. The summed E-state index contributed by atoms with van der Waals surface area (Å²) in [5.74, 6) is -1.24. The summed E-state index contributed by atoms with van der Waals surface area (Å²) in [6, 6.07) is 10.3. The van der Waals surface area contributed by atoms with E-state index in [0.29, 0.717) is 36.4 Å². The number of likely N-dealkylation sites (tertiary alicyclic amines) is 1. The van der Waals surface area contributed by atoms with Crippen molar-refractivity contribution in [2.75, 3.05) is 31.1 Å². The highest BCUT2D eigenvalue weighted by molar-refractivity contribution is 7.91. The van der Waals surface area contributed by atoms with Crippen LogP contribution in [0.15, 0.2) is 49.1 Å². The number of nitrogens with zero attached hydrogens (tertiary/aromatic N) is 2. The molecule has 0 bridgehead atoms. The molecular weight excluding hydrogens is 512 g/mol. The molecule has 11 heteroatoms. The van der Waals surface area contributed by atoms with Gasteiger partial charge in [0, 0.05) is 30.7 Å². The first-order valence-electron chi connectivity index (χ1n) is 11.5. The number of rotatable bonds is 7. The van der Waals surface area contributed by atoms with E-state index in [-0.39, 0.29) is 24.9 Å². The zero-order valence-corrected chi connectivity index (χ0v) is 21.6. The topological polar surface area (TPSA) is 112 Å². The lowest BCUT2D eigenvalue weighted by molar-refractivity contribution is -0.140. The minimum absolute atomic E-state index is 0.151. The van der Waals surface area contributed by atoms with Crippen LogP contribution < -0.4 is 0 Å². The van der Waals surface area contributed by atoms with Gasteiger partial charge in [0.15, 0.2) is 9.84 Å². The Kier molecular flexibility index (Phi) is 7.59. The third-order valence-electron chi connectivity index (χ3n) is 6.75. The van der Waals surface area contributed by atoms with Gasteiger partial charge >= 0.3 is 0 Å². The predicted molar refractivity (Wildman–Crippen MR) is 136 cm³/mol. The van der Waals surface area contributed by atoms with Crippen LogP contribution in [0.3, 0.4) is 0 Å². The number of benzene rings is 2. The van der Waals surface area contributed by atoms with Crippen LogP contribution in [0.5, 0.6) is 0 Å². The number of carbonyl (C=O) groups is 1. The molecule has 4 rings (SSSR count). The Bertz CT molecular complexity index is 1340. The van der Waals surface area contributed by atoms with Crippen LogP contribution in [0.25, 0.3) is 10.8 Å². The molecule has 2 aliphatic rings. The van der Waals surface area contributed by atoms with Crippen molar-refractivity contribution in [3.8, 4) is 0 Å². The van der Waals surface area contributed by atoms with Crippen molar-refractivity contribution >= 4 is 48.1 Å². The number of carbonyl (C=O) groups excluding carboxylic acids is 1. The summed E-state index contributed by atoms with van der Waals surface area (Å²) in [7, 11) is -7.19. The maximum Gasteiger partial charge on any atom is 0.252 e. The average molecular weight is 541 g/mol. The highest BCUT2D eigenvalue weighted by Gasteiger charge is 2.38. The number of hydrogen-bond acceptors (Lipinski definition) is 6. The molecule has 2 aromatic carbocycles. The number of aliphatic hydroxyl groups excluding tert-OH is 1. The second-order valence-electron chi connectivity index (χ2n) is 9.09. The third-order valence-corrected chi connectivity index (χ3v) is 11.0. The summed E-state index contributed by atoms with van der Waals surface area (Å²) in [5.41, 5.74) is 0.488. The molecule has 2 fully saturated rings. The Morgan fingerprint density at radius 1 is 1.14 bits per heavy atom. The first-order valence-corrected chi connectivity index (χ1v) is 15.2. The second kappa shape index (κ2) is 10.2. The Hall–Kier alpha value is -1.98. The van der Waals surface area contributed by atoms with Gasteiger partial charge in [-0.2, -0.15) is 4.31 Å². The van der Waals surface area contributed by atoms with E-state index >= 15 is 0 Å². The molecule has 2 saturated heterocycles. The van der Waals surface area contributed by atoms with Gasteiger partial charge in [-0.15, -0.1) is 6.58 Å². The van der Waals surface area contributed by atoms with Crippen LogP contribution >= 0.6 is 11.6 Å². The molecule has 0 aromatic heterocycles. The van der Waals surface area contributed by atoms with E-state index in [1.807, 2.05) is 0 Å². The van der Waals surface area contributed by atoms with Gasteiger partial charge in [-0.25, -0.2) is 16.8 Å². The van der Waals surface area contributed by atoms with Crippen LogP contribution in [-0.2, 0) is 24.7 Å². The van der Waals surface area contributed by atoms with Gasteiger partial charge in [0.05, 0.1) is 11.5 Å². The quantitative estimate of drug-likeness (QED) is 0.540. The van der Waals surface area contributed by atoms with Gasteiger partial charge < -0.3 is 10.0 Å².